The first-order valence-electron chi connectivity index (χ1n) is 9.11. The molecule has 0 radical (unpaired) electrons. The number of carbonyl (C=O) groups excluding carboxylic acids is 1. The minimum atomic E-state index is -0.160. The van der Waals surface area contributed by atoms with Gasteiger partial charge in [0.05, 0.1) is 11.4 Å². The summed E-state index contributed by atoms with van der Waals surface area (Å²) < 4.78 is 5.33. The van der Waals surface area contributed by atoms with Gasteiger partial charge in [-0.3, -0.25) is 14.3 Å². The number of anilines is 1. The zero-order valence-electron chi connectivity index (χ0n) is 16.1. The number of aromatic nitrogens is 4. The van der Waals surface area contributed by atoms with Gasteiger partial charge in [-0.05, 0) is 80.4 Å². The maximum atomic E-state index is 12.7. The molecule has 6 nitrogen and oxygen atoms in total. The van der Waals surface area contributed by atoms with Crippen LogP contribution in [0.3, 0.4) is 0 Å². The number of benzene rings is 2. The smallest absolute Gasteiger partial charge is 0.234 e. The third kappa shape index (κ3) is 5.51. The first-order valence-corrected chi connectivity index (χ1v) is 13.3. The average Bonchev–Trinajstić information content (AvgIpc) is 3.20. The molecule has 0 unspecified atom stereocenters. The van der Waals surface area contributed by atoms with Crippen LogP contribution in [0, 0.1) is 0 Å². The van der Waals surface area contributed by atoms with Gasteiger partial charge in [-0.2, -0.15) is 0 Å². The molecule has 0 spiro atoms. The van der Waals surface area contributed by atoms with Crippen LogP contribution in [0.15, 0.2) is 84.0 Å². The largest absolute Gasteiger partial charge is 0.323 e. The van der Waals surface area contributed by atoms with E-state index < -0.39 is 0 Å². The van der Waals surface area contributed by atoms with Crippen molar-refractivity contribution in [3.05, 3.63) is 78.8 Å². The predicted molar refractivity (Wildman–Crippen MR) is 141 cm³/mol. The highest BCUT2D eigenvalue weighted by atomic mass is 79.9. The van der Waals surface area contributed by atoms with E-state index >= 15 is 0 Å². The Hall–Kier alpha value is -1.53. The number of thioether (sulfide) groups is 1. The second-order valence-corrected chi connectivity index (χ2v) is 10.9. The van der Waals surface area contributed by atoms with E-state index in [-0.39, 0.29) is 11.7 Å². The Bertz CT molecular complexity index is 1240. The fraction of sp³-hybridized carbons (Fsp3) is 0.0476. The van der Waals surface area contributed by atoms with Crippen molar-refractivity contribution < 1.29 is 4.79 Å². The minimum Gasteiger partial charge on any atom is -0.323 e. The van der Waals surface area contributed by atoms with Crippen molar-refractivity contribution in [3.8, 4) is 17.1 Å². The summed E-state index contributed by atoms with van der Waals surface area (Å²) in [5, 5.41) is 12.3. The predicted octanol–water partition coefficient (Wildman–Crippen LogP) is 7.11. The van der Waals surface area contributed by atoms with Gasteiger partial charge in [0.25, 0.3) is 0 Å². The highest BCUT2D eigenvalue weighted by molar-refractivity contribution is 9.11. The third-order valence-electron chi connectivity index (χ3n) is 4.24. The van der Waals surface area contributed by atoms with Crippen LogP contribution < -0.4 is 5.32 Å². The number of nitrogens with zero attached hydrogens (tertiary/aromatic N) is 4. The fourth-order valence-corrected chi connectivity index (χ4v) is 6.31. The molecule has 11 heteroatoms. The van der Waals surface area contributed by atoms with Crippen LogP contribution in [-0.2, 0) is 4.79 Å². The van der Waals surface area contributed by atoms with Gasteiger partial charge in [-0.1, -0.05) is 43.6 Å². The van der Waals surface area contributed by atoms with Crippen LogP contribution in [0.1, 0.15) is 0 Å². The van der Waals surface area contributed by atoms with E-state index in [1.807, 2.05) is 53.1 Å². The Balaban J connectivity index is 1.59. The van der Waals surface area contributed by atoms with Crippen molar-refractivity contribution in [2.75, 3.05) is 11.1 Å². The molecule has 0 aliphatic rings. The monoisotopic (exact) mass is 699 g/mol. The van der Waals surface area contributed by atoms with E-state index in [0.717, 1.165) is 29.1 Å². The summed E-state index contributed by atoms with van der Waals surface area (Å²) in [5.74, 6) is 0.658. The van der Waals surface area contributed by atoms with E-state index in [9.17, 15) is 4.79 Å². The third-order valence-corrected chi connectivity index (χ3v) is 7.41. The molecule has 32 heavy (non-hydrogen) atoms. The Morgan fingerprint density at radius 1 is 0.969 bits per heavy atom. The molecular weight excluding hydrogens is 690 g/mol. The summed E-state index contributed by atoms with van der Waals surface area (Å²) in [4.78, 5) is 16.9. The second kappa shape index (κ2) is 10.6. The molecule has 1 N–H and O–H groups in total. The summed E-state index contributed by atoms with van der Waals surface area (Å²) in [5.41, 5.74) is 2.39. The molecule has 0 atom stereocenters. The van der Waals surface area contributed by atoms with Gasteiger partial charge in [0, 0.05) is 41.5 Å². The highest BCUT2D eigenvalue weighted by Gasteiger charge is 2.18. The van der Waals surface area contributed by atoms with Crippen LogP contribution in [0.2, 0.25) is 0 Å². The standard InChI is InChI=1S/C21H13Br4N5OS/c22-13-3-5-15(6-4-13)30-20(12-2-1-7-26-10-12)28-29-21(30)32-11-18(31)27-19-16(24)8-14(23)9-17(19)25/h1-10H,11H2,(H,27,31). The molecule has 0 saturated heterocycles. The number of hydrogen-bond acceptors (Lipinski definition) is 5. The van der Waals surface area contributed by atoms with Gasteiger partial charge in [0.2, 0.25) is 5.91 Å². The summed E-state index contributed by atoms with van der Waals surface area (Å²) >= 11 is 15.2. The molecule has 0 aliphatic heterocycles. The van der Waals surface area contributed by atoms with Gasteiger partial charge >= 0.3 is 0 Å². The maximum absolute atomic E-state index is 12.7. The molecule has 0 fully saturated rings. The molecule has 2 aromatic carbocycles. The van der Waals surface area contributed by atoms with Crippen LogP contribution in [0.4, 0.5) is 5.69 Å². The lowest BCUT2D eigenvalue weighted by Gasteiger charge is -2.12. The van der Waals surface area contributed by atoms with Crippen LogP contribution in [0.25, 0.3) is 17.1 Å². The maximum Gasteiger partial charge on any atom is 0.234 e. The van der Waals surface area contributed by atoms with Crippen molar-refractivity contribution in [2.45, 2.75) is 5.16 Å². The van der Waals surface area contributed by atoms with Gasteiger partial charge in [-0.25, -0.2) is 0 Å². The quantitative estimate of drug-likeness (QED) is 0.217. The Labute approximate surface area is 222 Å². The number of carbonyl (C=O) groups is 1. The van der Waals surface area contributed by atoms with Crippen molar-refractivity contribution >= 4 is 87.1 Å². The second-order valence-electron chi connectivity index (χ2n) is 6.44. The topological polar surface area (TPSA) is 72.7 Å². The van der Waals surface area contributed by atoms with Crippen LogP contribution in [-0.4, -0.2) is 31.4 Å². The molecule has 0 aliphatic carbocycles. The molecule has 2 aromatic heterocycles. The van der Waals surface area contributed by atoms with Crippen LogP contribution >= 0.6 is 75.5 Å². The first kappa shape index (κ1) is 23.6. The zero-order valence-corrected chi connectivity index (χ0v) is 23.3. The number of hydrogen-bond donors (Lipinski definition) is 1. The lowest BCUT2D eigenvalue weighted by atomic mass is 10.2. The number of pyridine rings is 1. The molecule has 4 rings (SSSR count). The SMILES string of the molecule is O=C(CSc1nnc(-c2cccnc2)n1-c1ccc(Br)cc1)Nc1c(Br)cc(Br)cc1Br. The lowest BCUT2D eigenvalue weighted by Crippen LogP contribution is -2.15. The molecule has 162 valence electrons. The molecule has 0 bridgehead atoms. The summed E-state index contributed by atoms with van der Waals surface area (Å²) in [6, 6.07) is 15.4. The Morgan fingerprint density at radius 2 is 1.69 bits per heavy atom. The number of rotatable bonds is 6. The highest BCUT2D eigenvalue weighted by Crippen LogP contribution is 2.35. The fourth-order valence-electron chi connectivity index (χ4n) is 2.84. The number of halogens is 4. The molecule has 0 saturated carbocycles. The molecule has 1 amide bonds. The van der Waals surface area contributed by atoms with Crippen molar-refractivity contribution in [3.63, 3.8) is 0 Å². The average molecular weight is 703 g/mol. The van der Waals surface area contributed by atoms with Crippen molar-refractivity contribution in [2.24, 2.45) is 0 Å². The van der Waals surface area contributed by atoms with Gasteiger partial charge in [-0.15, -0.1) is 10.2 Å². The van der Waals surface area contributed by atoms with Crippen LogP contribution in [0.5, 0.6) is 0 Å². The summed E-state index contributed by atoms with van der Waals surface area (Å²) in [6.07, 6.45) is 3.45. The minimum absolute atomic E-state index is 0.160. The van der Waals surface area contributed by atoms with E-state index in [1.165, 1.54) is 11.8 Å². The van der Waals surface area contributed by atoms with Gasteiger partial charge < -0.3 is 5.32 Å². The molecule has 2 heterocycles. The van der Waals surface area contributed by atoms with E-state index in [1.54, 1.807) is 12.4 Å². The lowest BCUT2D eigenvalue weighted by molar-refractivity contribution is -0.113. The molecule has 4 aromatic rings. The Morgan fingerprint density at radius 3 is 2.34 bits per heavy atom. The normalized spacial score (nSPS) is 10.9. The Kier molecular flexibility index (Phi) is 7.83. The van der Waals surface area contributed by atoms with Crippen molar-refractivity contribution in [1.82, 2.24) is 19.7 Å². The number of amides is 1. The van der Waals surface area contributed by atoms with Gasteiger partial charge in [0.1, 0.15) is 0 Å². The summed E-state index contributed by atoms with van der Waals surface area (Å²) in [7, 11) is 0. The van der Waals surface area contributed by atoms with Gasteiger partial charge in [0.15, 0.2) is 11.0 Å². The number of nitrogens with one attached hydrogen (secondary N) is 1. The summed E-state index contributed by atoms with van der Waals surface area (Å²) in [6.45, 7) is 0. The van der Waals surface area contributed by atoms with E-state index in [0.29, 0.717) is 16.7 Å². The first-order chi connectivity index (χ1) is 15.4. The van der Waals surface area contributed by atoms with Crippen molar-refractivity contribution in [1.29, 1.82) is 0 Å². The zero-order chi connectivity index (χ0) is 22.7. The van der Waals surface area contributed by atoms with E-state index in [2.05, 4.69) is 84.2 Å². The van der Waals surface area contributed by atoms with E-state index in [4.69, 9.17) is 0 Å². The molecular formula is C21H13Br4N5OS.